The molecule has 2 fully saturated rings. The molecule has 2 aliphatic rings. The molecule has 278 valence electrons. The summed E-state index contributed by atoms with van der Waals surface area (Å²) in [7, 11) is 4.45. The van der Waals surface area contributed by atoms with Gasteiger partial charge in [-0.05, 0) is 110 Å². The van der Waals surface area contributed by atoms with Crippen LogP contribution >= 0.6 is 0 Å². The quantitative estimate of drug-likeness (QED) is 0.0542. The lowest BCUT2D eigenvalue weighted by molar-refractivity contribution is -0.186. The van der Waals surface area contributed by atoms with Gasteiger partial charge < -0.3 is 14.4 Å². The molecule has 0 amide bonds. The van der Waals surface area contributed by atoms with Crippen LogP contribution in [-0.4, -0.2) is 43.0 Å². The van der Waals surface area contributed by atoms with Gasteiger partial charge in [0.15, 0.2) is 5.79 Å². The second-order valence-corrected chi connectivity index (χ2v) is 15.3. The van der Waals surface area contributed by atoms with Crippen LogP contribution in [0.3, 0.4) is 0 Å². The molecule has 0 bridgehead atoms. The third kappa shape index (κ3) is 21.1. The van der Waals surface area contributed by atoms with E-state index in [1.807, 2.05) is 0 Å². The number of fused-ring (bicyclic) bond motifs is 1. The zero-order chi connectivity index (χ0) is 34.4. The van der Waals surface area contributed by atoms with E-state index < -0.39 is 0 Å². The zero-order valence-corrected chi connectivity index (χ0v) is 32.6. The van der Waals surface area contributed by atoms with E-state index in [-0.39, 0.29) is 5.79 Å². The maximum Gasteiger partial charge on any atom is 0.169 e. The summed E-state index contributed by atoms with van der Waals surface area (Å²) >= 11 is 0. The molecule has 2 rings (SSSR count). The van der Waals surface area contributed by atoms with Gasteiger partial charge in [0.1, 0.15) is 0 Å². The largest absolute Gasteiger partial charge is 0.344 e. The highest BCUT2D eigenvalue weighted by Crippen LogP contribution is 2.43. The third-order valence-corrected chi connectivity index (χ3v) is 10.7. The molecule has 1 saturated heterocycles. The Morgan fingerprint density at radius 2 is 0.875 bits per heavy atom. The van der Waals surface area contributed by atoms with Crippen LogP contribution in [0.2, 0.25) is 0 Å². The molecule has 3 nitrogen and oxygen atoms in total. The highest BCUT2D eigenvalue weighted by molar-refractivity contribution is 4.95. The molecule has 1 heterocycles. The van der Waals surface area contributed by atoms with Crippen molar-refractivity contribution in [2.24, 2.45) is 0 Å². The van der Waals surface area contributed by atoms with Crippen molar-refractivity contribution in [1.82, 2.24) is 4.90 Å². The molecule has 1 saturated carbocycles. The molecule has 0 aromatic heterocycles. The van der Waals surface area contributed by atoms with Crippen molar-refractivity contribution >= 4 is 0 Å². The van der Waals surface area contributed by atoms with Crippen LogP contribution in [0.15, 0.2) is 48.6 Å². The van der Waals surface area contributed by atoms with Crippen LogP contribution in [0.4, 0.5) is 0 Å². The second-order valence-electron chi connectivity index (χ2n) is 15.3. The number of hydrogen-bond donors (Lipinski definition) is 0. The van der Waals surface area contributed by atoms with E-state index in [1.54, 1.807) is 0 Å². The van der Waals surface area contributed by atoms with Crippen LogP contribution < -0.4 is 0 Å². The summed E-state index contributed by atoms with van der Waals surface area (Å²) in [5, 5.41) is 0. The maximum absolute atomic E-state index is 6.91. The normalized spacial score (nSPS) is 23.2. The molecular formula is C45H81NO2. The highest BCUT2D eigenvalue weighted by Gasteiger charge is 2.49. The first kappa shape index (κ1) is 43.0. The number of nitrogens with zero attached hydrogens (tertiary/aromatic N) is 1. The Bertz CT molecular complexity index is 794. The Morgan fingerprint density at radius 3 is 1.31 bits per heavy atom. The van der Waals surface area contributed by atoms with Crippen LogP contribution in [0, 0.1) is 0 Å². The average Bonchev–Trinajstić information content (AvgIpc) is 3.45. The molecule has 0 unspecified atom stereocenters. The molecule has 0 radical (unpaired) electrons. The van der Waals surface area contributed by atoms with E-state index in [0.717, 1.165) is 38.5 Å². The zero-order valence-electron chi connectivity index (χ0n) is 32.6. The highest BCUT2D eigenvalue weighted by atomic mass is 16.8. The van der Waals surface area contributed by atoms with Gasteiger partial charge in [-0.2, -0.15) is 0 Å². The van der Waals surface area contributed by atoms with E-state index in [4.69, 9.17) is 9.47 Å². The fraction of sp³-hybridized carbons (Fsp3) is 0.822. The predicted octanol–water partition coefficient (Wildman–Crippen LogP) is 14.0. The molecule has 0 aromatic carbocycles. The fourth-order valence-corrected chi connectivity index (χ4v) is 7.51. The van der Waals surface area contributed by atoms with E-state index in [0.29, 0.717) is 18.2 Å². The number of unbranched alkanes of at least 4 members (excludes halogenated alkanes) is 18. The van der Waals surface area contributed by atoms with Crippen LogP contribution in [-0.2, 0) is 9.47 Å². The summed E-state index contributed by atoms with van der Waals surface area (Å²) in [6.07, 6.45) is 56.3. The van der Waals surface area contributed by atoms with Gasteiger partial charge in [0.05, 0.1) is 12.2 Å². The summed E-state index contributed by atoms with van der Waals surface area (Å²) in [6.45, 7) is 4.54. The summed E-state index contributed by atoms with van der Waals surface area (Å²) in [4.78, 5) is 2.39. The van der Waals surface area contributed by atoms with Crippen molar-refractivity contribution in [3.05, 3.63) is 48.6 Å². The number of hydrogen-bond acceptors (Lipinski definition) is 3. The Hall–Kier alpha value is -1.16. The summed E-state index contributed by atoms with van der Waals surface area (Å²) < 4.78 is 13.8. The summed E-state index contributed by atoms with van der Waals surface area (Å²) in [5.41, 5.74) is 0. The van der Waals surface area contributed by atoms with E-state index >= 15 is 0 Å². The molecule has 1 aliphatic heterocycles. The minimum Gasteiger partial charge on any atom is -0.344 e. The standard InChI is InChI=1S/C45H81NO2/c1-5-7-9-11-13-15-17-19-21-23-25-27-29-31-33-35-39-45(47-43-38-37-42(46(3)4)41-44(43)48-45)40-36-34-32-30-28-26-24-22-20-18-16-14-12-10-8-6-2/h13-16,19-22,42-44H,5-12,17-18,23-41H2,1-4H3/t42-,43-,44+,45?/m1/s1. The predicted molar refractivity (Wildman–Crippen MR) is 212 cm³/mol. The van der Waals surface area contributed by atoms with Gasteiger partial charge in [-0.3, -0.25) is 0 Å². The van der Waals surface area contributed by atoms with Gasteiger partial charge in [-0.1, -0.05) is 140 Å². The van der Waals surface area contributed by atoms with Crippen molar-refractivity contribution in [3.8, 4) is 0 Å². The molecule has 1 aliphatic carbocycles. The van der Waals surface area contributed by atoms with E-state index in [9.17, 15) is 0 Å². The van der Waals surface area contributed by atoms with Gasteiger partial charge in [0, 0.05) is 18.9 Å². The number of allylic oxidation sites excluding steroid dienone is 8. The van der Waals surface area contributed by atoms with Crippen molar-refractivity contribution in [1.29, 1.82) is 0 Å². The SMILES string of the molecule is CCCCCC=CCC=CCCCCCCCCC1(CCCCCCCCC=CCC=CCCCCC)O[C@H]2C[C@H](N(C)C)CC[C@H]2O1. The molecule has 3 heteroatoms. The van der Waals surface area contributed by atoms with Crippen LogP contribution in [0.5, 0.6) is 0 Å². The van der Waals surface area contributed by atoms with Crippen LogP contribution in [0.25, 0.3) is 0 Å². The van der Waals surface area contributed by atoms with Gasteiger partial charge >= 0.3 is 0 Å². The molecule has 3 atom stereocenters. The Labute approximate surface area is 300 Å². The molecular weight excluding hydrogens is 587 g/mol. The molecule has 0 spiro atoms. The topological polar surface area (TPSA) is 21.7 Å². The van der Waals surface area contributed by atoms with Gasteiger partial charge in [-0.25, -0.2) is 0 Å². The minimum atomic E-state index is -0.318. The summed E-state index contributed by atoms with van der Waals surface area (Å²) in [5.74, 6) is -0.318. The smallest absolute Gasteiger partial charge is 0.169 e. The van der Waals surface area contributed by atoms with Crippen molar-refractivity contribution in [3.63, 3.8) is 0 Å². The van der Waals surface area contributed by atoms with Crippen molar-refractivity contribution in [2.75, 3.05) is 14.1 Å². The lowest BCUT2D eigenvalue weighted by atomic mass is 9.90. The van der Waals surface area contributed by atoms with Gasteiger partial charge in [-0.15, -0.1) is 0 Å². The van der Waals surface area contributed by atoms with Gasteiger partial charge in [0.2, 0.25) is 0 Å². The first-order valence-electron chi connectivity index (χ1n) is 21.2. The number of ether oxygens (including phenoxy) is 2. The Balaban J connectivity index is 1.59. The Kier molecular flexibility index (Phi) is 26.5. The Morgan fingerprint density at radius 1 is 0.479 bits per heavy atom. The summed E-state index contributed by atoms with van der Waals surface area (Å²) in [6, 6.07) is 0.634. The molecule has 0 N–H and O–H groups in total. The van der Waals surface area contributed by atoms with Crippen LogP contribution in [0.1, 0.15) is 200 Å². The first-order chi connectivity index (χ1) is 23.6. The fourth-order valence-electron chi connectivity index (χ4n) is 7.51. The maximum atomic E-state index is 6.91. The molecule has 0 aromatic rings. The van der Waals surface area contributed by atoms with Crippen molar-refractivity contribution < 1.29 is 9.47 Å². The lowest BCUT2D eigenvalue weighted by Gasteiger charge is -2.33. The van der Waals surface area contributed by atoms with Crippen molar-refractivity contribution in [2.45, 2.75) is 224 Å². The van der Waals surface area contributed by atoms with Gasteiger partial charge in [0.25, 0.3) is 0 Å². The second kappa shape index (κ2) is 29.6. The number of rotatable bonds is 31. The first-order valence-corrected chi connectivity index (χ1v) is 21.2. The van der Waals surface area contributed by atoms with E-state index in [2.05, 4.69) is 81.5 Å². The average molecular weight is 668 g/mol. The third-order valence-electron chi connectivity index (χ3n) is 10.7. The monoisotopic (exact) mass is 668 g/mol. The minimum absolute atomic E-state index is 0.292. The van der Waals surface area contributed by atoms with E-state index in [1.165, 1.54) is 148 Å². The lowest BCUT2D eigenvalue weighted by Crippen LogP contribution is -2.40. The molecule has 48 heavy (non-hydrogen) atoms.